The average Bonchev–Trinajstić information content (AvgIpc) is 3.35. The van der Waals surface area contributed by atoms with Crippen molar-refractivity contribution in [1.29, 1.82) is 0 Å². The molecular weight excluding hydrogens is 508 g/mol. The van der Waals surface area contributed by atoms with E-state index in [0.29, 0.717) is 22.8 Å². The van der Waals surface area contributed by atoms with Crippen LogP contribution in [0.2, 0.25) is 5.02 Å². The van der Waals surface area contributed by atoms with E-state index in [2.05, 4.69) is 4.98 Å². The van der Waals surface area contributed by atoms with Gasteiger partial charge in [0.25, 0.3) is 0 Å². The fourth-order valence-corrected chi connectivity index (χ4v) is 5.43. The average molecular weight is 531 g/mol. The Balaban J connectivity index is 1.52. The van der Waals surface area contributed by atoms with Crippen molar-refractivity contribution < 1.29 is 14.6 Å². The molecule has 1 N–H and O–H groups in total. The molecule has 0 saturated heterocycles. The van der Waals surface area contributed by atoms with Crippen molar-refractivity contribution in [3.63, 3.8) is 0 Å². The molecule has 0 aliphatic carbocycles. The Bertz CT molecular complexity index is 1640. The van der Waals surface area contributed by atoms with Crippen LogP contribution < -0.4 is 10.2 Å². The van der Waals surface area contributed by atoms with Gasteiger partial charge in [-0.1, -0.05) is 60.1 Å². The summed E-state index contributed by atoms with van der Waals surface area (Å²) in [6, 6.07) is 23.3. The topological polar surface area (TPSA) is 81.4 Å². The van der Waals surface area contributed by atoms with Gasteiger partial charge >= 0.3 is 5.97 Å². The zero-order chi connectivity index (χ0) is 25.9. The van der Waals surface area contributed by atoms with Crippen molar-refractivity contribution in [2.45, 2.75) is 19.4 Å². The van der Waals surface area contributed by atoms with Gasteiger partial charge in [-0.05, 0) is 52.9 Å². The molecule has 0 spiro atoms. The van der Waals surface area contributed by atoms with Crippen molar-refractivity contribution in [3.05, 3.63) is 116 Å². The summed E-state index contributed by atoms with van der Waals surface area (Å²) in [5.41, 5.74) is 3.46. The summed E-state index contributed by atoms with van der Waals surface area (Å²) in [6.07, 6.45) is 2.80. The minimum Gasteiger partial charge on any atom is -0.497 e. The lowest BCUT2D eigenvalue weighted by molar-refractivity contribution is 0.0695. The number of thiazole rings is 1. The van der Waals surface area contributed by atoms with E-state index in [0.717, 1.165) is 39.4 Å². The molecule has 3 aromatic carbocycles. The molecule has 0 saturated carbocycles. The van der Waals surface area contributed by atoms with Crippen molar-refractivity contribution in [3.8, 4) is 16.9 Å². The van der Waals surface area contributed by atoms with Crippen LogP contribution in [0, 0.1) is 0 Å². The molecule has 6 nitrogen and oxygen atoms in total. The molecule has 2 heterocycles. The van der Waals surface area contributed by atoms with Crippen molar-refractivity contribution in [1.82, 2.24) is 9.55 Å². The summed E-state index contributed by atoms with van der Waals surface area (Å²) >= 11 is 7.50. The molecule has 5 aromatic rings. The highest BCUT2D eigenvalue weighted by molar-refractivity contribution is 7.18. The van der Waals surface area contributed by atoms with Gasteiger partial charge in [0, 0.05) is 24.2 Å². The maximum absolute atomic E-state index is 13.0. The van der Waals surface area contributed by atoms with Crippen LogP contribution in [0.4, 0.5) is 0 Å². The Morgan fingerprint density at radius 2 is 1.76 bits per heavy atom. The van der Waals surface area contributed by atoms with Gasteiger partial charge in [-0.15, -0.1) is 11.3 Å². The Hall–Kier alpha value is -3.94. The van der Waals surface area contributed by atoms with Crippen LogP contribution in [0.25, 0.3) is 21.5 Å². The third kappa shape index (κ3) is 5.28. The predicted octanol–water partition coefficient (Wildman–Crippen LogP) is 6.32. The number of rotatable bonds is 8. The van der Waals surface area contributed by atoms with Gasteiger partial charge in [0.1, 0.15) is 21.7 Å². The molecule has 0 atom stereocenters. The molecular formula is C29H23ClN2O4S. The lowest BCUT2D eigenvalue weighted by atomic mass is 9.99. The lowest BCUT2D eigenvalue weighted by Crippen LogP contribution is -2.19. The Kier molecular flexibility index (Phi) is 7.08. The second-order valence-corrected chi connectivity index (χ2v) is 10.1. The maximum Gasteiger partial charge on any atom is 0.341 e. The molecule has 2 aromatic heterocycles. The van der Waals surface area contributed by atoms with E-state index in [-0.39, 0.29) is 11.1 Å². The maximum atomic E-state index is 13.0. The normalized spacial score (nSPS) is 11.1. The molecule has 5 rings (SSSR count). The molecule has 0 aliphatic rings. The molecule has 0 radical (unpaired) electrons. The van der Waals surface area contributed by atoms with E-state index in [4.69, 9.17) is 16.3 Å². The highest BCUT2D eigenvalue weighted by Gasteiger charge is 2.19. The zero-order valence-electron chi connectivity index (χ0n) is 20.0. The highest BCUT2D eigenvalue weighted by atomic mass is 35.5. The number of carboxylic acids is 1. The number of fused-ring (bicyclic) bond motifs is 1. The monoisotopic (exact) mass is 530 g/mol. The molecule has 0 fully saturated rings. The molecule has 8 heteroatoms. The molecule has 0 aliphatic heterocycles. The fraction of sp³-hybridized carbons (Fsp3) is 0.138. The van der Waals surface area contributed by atoms with Crippen LogP contribution in [0.15, 0.2) is 83.8 Å². The van der Waals surface area contributed by atoms with Gasteiger partial charge in [-0.2, -0.15) is 0 Å². The summed E-state index contributed by atoms with van der Waals surface area (Å²) in [6.45, 7) is 0.385. The van der Waals surface area contributed by atoms with Gasteiger partial charge in [-0.3, -0.25) is 4.79 Å². The van der Waals surface area contributed by atoms with Crippen LogP contribution in [-0.4, -0.2) is 27.7 Å². The number of ether oxygens (including phenoxy) is 1. The van der Waals surface area contributed by atoms with E-state index in [9.17, 15) is 14.7 Å². The van der Waals surface area contributed by atoms with Gasteiger partial charge < -0.3 is 14.4 Å². The number of benzene rings is 3. The van der Waals surface area contributed by atoms with Gasteiger partial charge in [-0.25, -0.2) is 9.78 Å². The van der Waals surface area contributed by atoms with Crippen molar-refractivity contribution in [2.75, 3.05) is 7.11 Å². The zero-order valence-corrected chi connectivity index (χ0v) is 21.6. The van der Waals surface area contributed by atoms with E-state index in [1.807, 2.05) is 77.4 Å². The third-order valence-corrected chi connectivity index (χ3v) is 7.59. The quantitative estimate of drug-likeness (QED) is 0.254. The Morgan fingerprint density at radius 3 is 2.46 bits per heavy atom. The number of pyridine rings is 1. The summed E-state index contributed by atoms with van der Waals surface area (Å²) < 4.78 is 7.04. The minimum atomic E-state index is -1.26. The number of aryl methyl sites for hydroxylation is 2. The molecule has 0 bridgehead atoms. The fourth-order valence-electron chi connectivity index (χ4n) is 4.27. The first-order valence-electron chi connectivity index (χ1n) is 11.7. The molecule has 0 unspecified atom stereocenters. The standard InChI is InChI=1S/C29H23ClN2O4S/c1-36-22-13-6-18(7-14-22)8-15-25-31-26-27(33)24(29(34)35)17-32(28(26)37-25)16-20-4-2-3-5-23(20)19-9-11-21(30)12-10-19/h2-7,9-14,17H,8,15-16H2,1H3,(H,34,35). The number of nitrogens with zero attached hydrogens (tertiary/aromatic N) is 2. The van der Waals surface area contributed by atoms with Crippen LogP contribution in [0.1, 0.15) is 26.5 Å². The molecule has 186 valence electrons. The van der Waals surface area contributed by atoms with Crippen LogP contribution in [-0.2, 0) is 19.4 Å². The number of aromatic carboxylic acids is 1. The molecule has 0 amide bonds. The number of aromatic nitrogens is 2. The Labute approximate surface area is 222 Å². The van der Waals surface area contributed by atoms with Crippen molar-refractivity contribution in [2.24, 2.45) is 0 Å². The summed E-state index contributed by atoms with van der Waals surface area (Å²) in [5, 5.41) is 11.2. The first kappa shape index (κ1) is 24.7. The number of methoxy groups -OCH3 is 1. The van der Waals surface area contributed by atoms with Gasteiger partial charge in [0.05, 0.1) is 12.1 Å². The summed E-state index contributed by atoms with van der Waals surface area (Å²) in [4.78, 5) is 30.1. The van der Waals surface area contributed by atoms with E-state index >= 15 is 0 Å². The predicted molar refractivity (Wildman–Crippen MR) is 147 cm³/mol. The second-order valence-electron chi connectivity index (χ2n) is 8.58. The second kappa shape index (κ2) is 10.6. The number of hydrogen-bond acceptors (Lipinski definition) is 5. The SMILES string of the molecule is COc1ccc(CCc2nc3c(=O)c(C(=O)O)cn(Cc4ccccc4-c4ccc(Cl)cc4)c3s2)cc1. The first-order chi connectivity index (χ1) is 17.9. The summed E-state index contributed by atoms with van der Waals surface area (Å²) in [7, 11) is 1.63. The van der Waals surface area contributed by atoms with Gasteiger partial charge in [0.2, 0.25) is 5.43 Å². The first-order valence-corrected chi connectivity index (χ1v) is 12.9. The van der Waals surface area contributed by atoms with Crippen LogP contribution in [0.5, 0.6) is 5.75 Å². The minimum absolute atomic E-state index is 0.193. The third-order valence-electron chi connectivity index (χ3n) is 6.19. The lowest BCUT2D eigenvalue weighted by Gasteiger charge is -2.13. The van der Waals surface area contributed by atoms with E-state index in [1.165, 1.54) is 17.5 Å². The number of carbonyl (C=O) groups is 1. The van der Waals surface area contributed by atoms with E-state index in [1.54, 1.807) is 7.11 Å². The number of hydrogen-bond donors (Lipinski definition) is 1. The summed E-state index contributed by atoms with van der Waals surface area (Å²) in [5.74, 6) is -0.472. The van der Waals surface area contributed by atoms with Crippen molar-refractivity contribution >= 4 is 39.3 Å². The van der Waals surface area contributed by atoms with Crippen LogP contribution >= 0.6 is 22.9 Å². The number of halogens is 1. The van der Waals surface area contributed by atoms with Crippen LogP contribution in [0.3, 0.4) is 0 Å². The number of carboxylic acid groups (broad SMARTS) is 1. The van der Waals surface area contributed by atoms with Gasteiger partial charge in [0.15, 0.2) is 0 Å². The Morgan fingerprint density at radius 1 is 1.03 bits per heavy atom. The smallest absolute Gasteiger partial charge is 0.341 e. The largest absolute Gasteiger partial charge is 0.497 e. The van der Waals surface area contributed by atoms with E-state index < -0.39 is 11.4 Å². The highest BCUT2D eigenvalue weighted by Crippen LogP contribution is 2.28. The molecule has 37 heavy (non-hydrogen) atoms.